The van der Waals surface area contributed by atoms with Crippen LogP contribution in [0.2, 0.25) is 0 Å². The molecule has 84 valence electrons. The molecule has 0 amide bonds. The smallest absolute Gasteiger partial charge is 0.0762 e. The highest BCUT2D eigenvalue weighted by molar-refractivity contribution is 5.46. The Kier molecular flexibility index (Phi) is 5.15. The van der Waals surface area contributed by atoms with Crippen LogP contribution in [0, 0.1) is 0 Å². The molecule has 0 heterocycles. The van der Waals surface area contributed by atoms with E-state index in [0.717, 1.165) is 30.6 Å². The van der Waals surface area contributed by atoms with Crippen molar-refractivity contribution in [2.75, 3.05) is 18.5 Å². The van der Waals surface area contributed by atoms with Crippen LogP contribution < -0.4 is 5.32 Å². The van der Waals surface area contributed by atoms with Crippen molar-refractivity contribution in [2.45, 2.75) is 25.9 Å². The summed E-state index contributed by atoms with van der Waals surface area (Å²) in [6.45, 7) is 2.85. The molecule has 0 aliphatic carbocycles. The minimum Gasteiger partial charge on any atom is -0.396 e. The maximum atomic E-state index is 9.40. The monoisotopic (exact) mass is 209 g/mol. The number of benzene rings is 1. The third-order valence-electron chi connectivity index (χ3n) is 2.28. The molecular formula is C12H19NO2. The summed E-state index contributed by atoms with van der Waals surface area (Å²) in [5.74, 6) is 0. The number of unbranched alkanes of at least 4 members (excludes halogenated alkanes) is 1. The number of aliphatic hydroxyl groups is 2. The Balaban J connectivity index is 2.43. The lowest BCUT2D eigenvalue weighted by molar-refractivity contribution is 0.199. The Morgan fingerprint density at radius 3 is 2.80 bits per heavy atom. The van der Waals surface area contributed by atoms with Crippen LogP contribution in [0.3, 0.4) is 0 Å². The van der Waals surface area contributed by atoms with Gasteiger partial charge in [0.05, 0.1) is 6.10 Å². The van der Waals surface area contributed by atoms with Crippen molar-refractivity contribution >= 4 is 5.69 Å². The molecule has 1 unspecified atom stereocenters. The van der Waals surface area contributed by atoms with E-state index >= 15 is 0 Å². The molecule has 0 spiro atoms. The van der Waals surface area contributed by atoms with Gasteiger partial charge in [-0.2, -0.15) is 0 Å². The molecule has 3 heteroatoms. The van der Waals surface area contributed by atoms with E-state index in [1.165, 1.54) is 0 Å². The summed E-state index contributed by atoms with van der Waals surface area (Å²) in [4.78, 5) is 0. The molecular weight excluding hydrogens is 190 g/mol. The molecule has 0 radical (unpaired) electrons. The summed E-state index contributed by atoms with van der Waals surface area (Å²) in [6, 6.07) is 7.76. The van der Waals surface area contributed by atoms with E-state index in [1.807, 2.05) is 24.3 Å². The second-order valence-electron chi connectivity index (χ2n) is 3.66. The lowest BCUT2D eigenvalue weighted by Gasteiger charge is -2.09. The second kappa shape index (κ2) is 6.43. The normalized spacial score (nSPS) is 12.5. The predicted octanol–water partition coefficient (Wildman–Crippen LogP) is 1.92. The van der Waals surface area contributed by atoms with Gasteiger partial charge in [-0.3, -0.25) is 0 Å². The first-order chi connectivity index (χ1) is 7.24. The Bertz CT molecular complexity index is 287. The van der Waals surface area contributed by atoms with Gasteiger partial charge in [-0.25, -0.2) is 0 Å². The van der Waals surface area contributed by atoms with Crippen molar-refractivity contribution in [1.29, 1.82) is 0 Å². The van der Waals surface area contributed by atoms with Gasteiger partial charge in [-0.15, -0.1) is 0 Å². The number of aliphatic hydroxyl groups excluding tert-OH is 2. The summed E-state index contributed by atoms with van der Waals surface area (Å²) in [6.07, 6.45) is 1.35. The minimum atomic E-state index is -0.427. The van der Waals surface area contributed by atoms with Crippen molar-refractivity contribution in [3.05, 3.63) is 29.8 Å². The van der Waals surface area contributed by atoms with Gasteiger partial charge in [0.2, 0.25) is 0 Å². The van der Waals surface area contributed by atoms with Gasteiger partial charge >= 0.3 is 0 Å². The van der Waals surface area contributed by atoms with Crippen molar-refractivity contribution < 1.29 is 10.2 Å². The van der Waals surface area contributed by atoms with Crippen LogP contribution in [-0.2, 0) is 0 Å². The third kappa shape index (κ3) is 4.32. The average Bonchev–Trinajstić information content (AvgIpc) is 2.25. The second-order valence-corrected chi connectivity index (χ2v) is 3.66. The lowest BCUT2D eigenvalue weighted by Crippen LogP contribution is -2.03. The predicted molar refractivity (Wildman–Crippen MR) is 61.9 cm³/mol. The standard InChI is InChI=1S/C12H19NO2/c1-10(15)11-5-4-6-12(9-11)13-7-2-3-8-14/h4-6,9-10,13-15H,2-3,7-8H2,1H3. The Morgan fingerprint density at radius 2 is 2.13 bits per heavy atom. The molecule has 1 rings (SSSR count). The molecule has 3 nitrogen and oxygen atoms in total. The van der Waals surface area contributed by atoms with Gasteiger partial charge in [0, 0.05) is 18.8 Å². The molecule has 0 aliphatic rings. The molecule has 1 atom stereocenters. The van der Waals surface area contributed by atoms with Crippen molar-refractivity contribution in [1.82, 2.24) is 0 Å². The van der Waals surface area contributed by atoms with Crippen LogP contribution in [-0.4, -0.2) is 23.4 Å². The van der Waals surface area contributed by atoms with Gasteiger partial charge < -0.3 is 15.5 Å². The molecule has 1 aromatic rings. The van der Waals surface area contributed by atoms with Crippen molar-refractivity contribution in [2.24, 2.45) is 0 Å². The first-order valence-corrected chi connectivity index (χ1v) is 5.37. The zero-order valence-electron chi connectivity index (χ0n) is 9.11. The van der Waals surface area contributed by atoms with E-state index < -0.39 is 6.10 Å². The molecule has 0 aromatic heterocycles. The highest BCUT2D eigenvalue weighted by atomic mass is 16.3. The van der Waals surface area contributed by atoms with Crippen molar-refractivity contribution in [3.63, 3.8) is 0 Å². The van der Waals surface area contributed by atoms with E-state index in [4.69, 9.17) is 5.11 Å². The molecule has 3 N–H and O–H groups in total. The SMILES string of the molecule is CC(O)c1cccc(NCCCCO)c1. The maximum Gasteiger partial charge on any atom is 0.0762 e. The summed E-state index contributed by atoms with van der Waals surface area (Å²) in [7, 11) is 0. The Labute approximate surface area is 90.8 Å². The quantitative estimate of drug-likeness (QED) is 0.627. The number of anilines is 1. The molecule has 15 heavy (non-hydrogen) atoms. The molecule has 0 saturated carbocycles. The molecule has 1 aromatic carbocycles. The van der Waals surface area contributed by atoms with Gasteiger partial charge in [0.1, 0.15) is 0 Å². The summed E-state index contributed by atoms with van der Waals surface area (Å²) in [5, 5.41) is 21.3. The van der Waals surface area contributed by atoms with Crippen LogP contribution in [0.15, 0.2) is 24.3 Å². The first-order valence-electron chi connectivity index (χ1n) is 5.37. The van der Waals surface area contributed by atoms with E-state index in [-0.39, 0.29) is 6.61 Å². The summed E-state index contributed by atoms with van der Waals surface area (Å²) < 4.78 is 0. The van der Waals surface area contributed by atoms with Crippen molar-refractivity contribution in [3.8, 4) is 0 Å². The lowest BCUT2D eigenvalue weighted by atomic mass is 10.1. The van der Waals surface area contributed by atoms with E-state index in [2.05, 4.69) is 5.32 Å². The summed E-state index contributed by atoms with van der Waals surface area (Å²) >= 11 is 0. The zero-order valence-corrected chi connectivity index (χ0v) is 9.11. The first kappa shape index (κ1) is 12.0. The summed E-state index contributed by atoms with van der Waals surface area (Å²) in [5.41, 5.74) is 1.94. The number of nitrogens with one attached hydrogen (secondary N) is 1. The van der Waals surface area contributed by atoms with E-state index in [1.54, 1.807) is 6.92 Å². The van der Waals surface area contributed by atoms with Gasteiger partial charge in [0.15, 0.2) is 0 Å². The highest BCUT2D eigenvalue weighted by Crippen LogP contribution is 2.16. The number of hydrogen-bond donors (Lipinski definition) is 3. The molecule has 0 saturated heterocycles. The maximum absolute atomic E-state index is 9.40. The van der Waals surface area contributed by atoms with Crippen LogP contribution in [0.4, 0.5) is 5.69 Å². The number of hydrogen-bond acceptors (Lipinski definition) is 3. The molecule has 0 fully saturated rings. The third-order valence-corrected chi connectivity index (χ3v) is 2.28. The number of rotatable bonds is 6. The highest BCUT2D eigenvalue weighted by Gasteiger charge is 2.00. The zero-order chi connectivity index (χ0) is 11.1. The van der Waals surface area contributed by atoms with Gasteiger partial charge in [-0.1, -0.05) is 12.1 Å². The van der Waals surface area contributed by atoms with Crippen LogP contribution in [0.25, 0.3) is 0 Å². The van der Waals surface area contributed by atoms with Gasteiger partial charge in [-0.05, 0) is 37.5 Å². The minimum absolute atomic E-state index is 0.245. The van der Waals surface area contributed by atoms with Crippen LogP contribution >= 0.6 is 0 Å². The molecule has 0 aliphatic heterocycles. The van der Waals surface area contributed by atoms with E-state index in [9.17, 15) is 5.11 Å². The van der Waals surface area contributed by atoms with E-state index in [0.29, 0.717) is 0 Å². The Morgan fingerprint density at radius 1 is 1.33 bits per heavy atom. The van der Waals surface area contributed by atoms with Crippen LogP contribution in [0.1, 0.15) is 31.4 Å². The fourth-order valence-electron chi connectivity index (χ4n) is 1.38. The van der Waals surface area contributed by atoms with Crippen LogP contribution in [0.5, 0.6) is 0 Å². The average molecular weight is 209 g/mol. The fourth-order valence-corrected chi connectivity index (χ4v) is 1.38. The fraction of sp³-hybridized carbons (Fsp3) is 0.500. The largest absolute Gasteiger partial charge is 0.396 e. The molecule has 0 bridgehead atoms. The topological polar surface area (TPSA) is 52.5 Å². The van der Waals surface area contributed by atoms with Gasteiger partial charge in [0.25, 0.3) is 0 Å². The Hall–Kier alpha value is -1.06.